The van der Waals surface area contributed by atoms with Gasteiger partial charge in [-0.3, -0.25) is 0 Å². The zero-order chi connectivity index (χ0) is 18.9. The largest absolute Gasteiger partial charge is 0.493 e. The van der Waals surface area contributed by atoms with E-state index in [2.05, 4.69) is 0 Å². The molecule has 0 unspecified atom stereocenters. The Morgan fingerprint density at radius 1 is 1.19 bits per heavy atom. The number of carbonyl (C=O) groups is 1. The summed E-state index contributed by atoms with van der Waals surface area (Å²) in [5, 5.41) is 18.6. The van der Waals surface area contributed by atoms with E-state index < -0.39 is 11.5 Å². The van der Waals surface area contributed by atoms with Gasteiger partial charge in [0.05, 0.1) is 7.11 Å². The van der Waals surface area contributed by atoms with E-state index in [1.807, 2.05) is 0 Å². The predicted octanol–water partition coefficient (Wildman–Crippen LogP) is 3.80. The molecule has 0 aliphatic carbocycles. The van der Waals surface area contributed by atoms with Crippen molar-refractivity contribution in [3.63, 3.8) is 0 Å². The Hall–Kier alpha value is -3.17. The van der Waals surface area contributed by atoms with Crippen molar-refractivity contribution in [3.8, 4) is 23.3 Å². The van der Waals surface area contributed by atoms with E-state index in [0.717, 1.165) is 0 Å². The van der Waals surface area contributed by atoms with Crippen LogP contribution in [-0.4, -0.2) is 31.4 Å². The number of para-hydroxylation sites is 1. The van der Waals surface area contributed by atoms with Crippen LogP contribution in [0.15, 0.2) is 48.0 Å². The van der Waals surface area contributed by atoms with Gasteiger partial charge in [-0.25, -0.2) is 4.79 Å². The molecule has 2 aromatic rings. The van der Waals surface area contributed by atoms with Crippen molar-refractivity contribution in [2.45, 2.75) is 0 Å². The standard InChI is InChI=1S/C19H16ClNO5/c1-24-17-4-2-3-13(11-14(12-21)19(22)23)18(17)26-10-9-25-16-7-5-15(20)6-8-16/h2-8,11H,9-10H2,1H3,(H,22,23). The lowest BCUT2D eigenvalue weighted by atomic mass is 10.1. The second-order valence-electron chi connectivity index (χ2n) is 5.00. The fourth-order valence-electron chi connectivity index (χ4n) is 2.09. The fraction of sp³-hybridized carbons (Fsp3) is 0.158. The first-order valence-electron chi connectivity index (χ1n) is 7.58. The number of hydrogen-bond acceptors (Lipinski definition) is 5. The third kappa shape index (κ3) is 5.16. The van der Waals surface area contributed by atoms with Crippen LogP contribution in [0.2, 0.25) is 5.02 Å². The molecule has 2 rings (SSSR count). The Labute approximate surface area is 155 Å². The molecule has 0 aliphatic heterocycles. The van der Waals surface area contributed by atoms with E-state index in [1.165, 1.54) is 13.2 Å². The number of benzene rings is 2. The summed E-state index contributed by atoms with van der Waals surface area (Å²) in [5.74, 6) is 0.0970. The van der Waals surface area contributed by atoms with Gasteiger partial charge >= 0.3 is 5.97 Å². The zero-order valence-electron chi connectivity index (χ0n) is 13.9. The van der Waals surface area contributed by atoms with Crippen molar-refractivity contribution in [1.82, 2.24) is 0 Å². The van der Waals surface area contributed by atoms with Crippen molar-refractivity contribution in [1.29, 1.82) is 5.26 Å². The molecule has 0 saturated heterocycles. The molecule has 0 radical (unpaired) electrons. The summed E-state index contributed by atoms with van der Waals surface area (Å²) in [6, 6.07) is 13.6. The summed E-state index contributed by atoms with van der Waals surface area (Å²) in [5.41, 5.74) is 0.0234. The number of carboxylic acid groups (broad SMARTS) is 1. The minimum Gasteiger partial charge on any atom is -0.493 e. The second-order valence-corrected chi connectivity index (χ2v) is 5.44. The number of hydrogen-bond donors (Lipinski definition) is 1. The number of carboxylic acids is 1. The summed E-state index contributed by atoms with van der Waals surface area (Å²) in [6.45, 7) is 0.450. The van der Waals surface area contributed by atoms with Crippen molar-refractivity contribution in [3.05, 3.63) is 58.6 Å². The number of ether oxygens (including phenoxy) is 3. The van der Waals surface area contributed by atoms with Gasteiger partial charge in [0.15, 0.2) is 11.5 Å². The van der Waals surface area contributed by atoms with E-state index in [-0.39, 0.29) is 13.2 Å². The molecule has 0 heterocycles. The highest BCUT2D eigenvalue weighted by atomic mass is 35.5. The summed E-state index contributed by atoms with van der Waals surface area (Å²) < 4.78 is 16.5. The average molecular weight is 374 g/mol. The SMILES string of the molecule is COc1cccc(C=C(C#N)C(=O)O)c1OCCOc1ccc(Cl)cc1. The van der Waals surface area contributed by atoms with Crippen molar-refractivity contribution < 1.29 is 24.1 Å². The fourth-order valence-corrected chi connectivity index (χ4v) is 2.22. The summed E-state index contributed by atoms with van der Waals surface area (Å²) in [6.07, 6.45) is 1.24. The number of aliphatic carboxylic acids is 1. The Kier molecular flexibility index (Phi) is 6.89. The molecule has 6 nitrogen and oxygen atoms in total. The quantitative estimate of drug-likeness (QED) is 0.430. The molecule has 26 heavy (non-hydrogen) atoms. The van der Waals surface area contributed by atoms with Crippen LogP contribution >= 0.6 is 11.6 Å². The predicted molar refractivity (Wildman–Crippen MR) is 96.7 cm³/mol. The van der Waals surface area contributed by atoms with Crippen molar-refractivity contribution >= 4 is 23.6 Å². The normalized spacial score (nSPS) is 10.7. The molecule has 1 N–H and O–H groups in total. The number of rotatable bonds is 8. The zero-order valence-corrected chi connectivity index (χ0v) is 14.7. The molecule has 7 heteroatoms. The maximum atomic E-state index is 11.0. The highest BCUT2D eigenvalue weighted by Crippen LogP contribution is 2.32. The van der Waals surface area contributed by atoms with E-state index in [4.69, 9.17) is 36.2 Å². The Morgan fingerprint density at radius 3 is 2.50 bits per heavy atom. The van der Waals surface area contributed by atoms with E-state index in [0.29, 0.717) is 27.8 Å². The van der Waals surface area contributed by atoms with Crippen LogP contribution in [0.3, 0.4) is 0 Å². The van der Waals surface area contributed by atoms with Gasteiger partial charge in [-0.05, 0) is 36.4 Å². The maximum absolute atomic E-state index is 11.0. The summed E-state index contributed by atoms with van der Waals surface area (Å²) >= 11 is 5.82. The molecule has 0 aliphatic rings. The molecule has 134 valence electrons. The van der Waals surface area contributed by atoms with Crippen LogP contribution in [0.1, 0.15) is 5.56 Å². The first kappa shape index (κ1) is 19.2. The highest BCUT2D eigenvalue weighted by molar-refractivity contribution is 6.30. The smallest absolute Gasteiger partial charge is 0.346 e. The van der Waals surface area contributed by atoms with Gasteiger partial charge in [0.1, 0.15) is 30.6 Å². The van der Waals surface area contributed by atoms with E-state index in [1.54, 1.807) is 48.5 Å². The van der Waals surface area contributed by atoms with Gasteiger partial charge in [0.25, 0.3) is 0 Å². The third-order valence-corrected chi connectivity index (χ3v) is 3.54. The number of nitrogens with zero attached hydrogens (tertiary/aromatic N) is 1. The van der Waals surface area contributed by atoms with Gasteiger partial charge in [-0.1, -0.05) is 23.7 Å². The van der Waals surface area contributed by atoms with Gasteiger partial charge in [-0.2, -0.15) is 5.26 Å². The third-order valence-electron chi connectivity index (χ3n) is 3.29. The molecule has 2 aromatic carbocycles. The molecule has 0 fully saturated rings. The summed E-state index contributed by atoms with van der Waals surface area (Å²) in [4.78, 5) is 11.0. The molecule has 0 atom stereocenters. The summed E-state index contributed by atoms with van der Waals surface area (Å²) in [7, 11) is 1.47. The lowest BCUT2D eigenvalue weighted by Crippen LogP contribution is -2.10. The van der Waals surface area contributed by atoms with Crippen molar-refractivity contribution in [2.75, 3.05) is 20.3 Å². The Morgan fingerprint density at radius 2 is 1.88 bits per heavy atom. The minimum absolute atomic E-state index is 0.193. The van der Waals surface area contributed by atoms with Crippen LogP contribution < -0.4 is 14.2 Å². The minimum atomic E-state index is -1.31. The second kappa shape index (κ2) is 9.35. The van der Waals surface area contributed by atoms with E-state index in [9.17, 15) is 4.79 Å². The molecule has 0 aromatic heterocycles. The number of methoxy groups -OCH3 is 1. The van der Waals surface area contributed by atoms with Gasteiger partial charge in [0, 0.05) is 10.6 Å². The monoisotopic (exact) mass is 373 g/mol. The van der Waals surface area contributed by atoms with Crippen LogP contribution in [0.25, 0.3) is 6.08 Å². The number of halogens is 1. The lowest BCUT2D eigenvalue weighted by Gasteiger charge is -2.14. The molecule has 0 bridgehead atoms. The van der Waals surface area contributed by atoms with Crippen LogP contribution in [0, 0.1) is 11.3 Å². The lowest BCUT2D eigenvalue weighted by molar-refractivity contribution is -0.132. The van der Waals surface area contributed by atoms with Gasteiger partial charge in [0.2, 0.25) is 0 Å². The highest BCUT2D eigenvalue weighted by Gasteiger charge is 2.13. The topological polar surface area (TPSA) is 88.8 Å². The first-order valence-corrected chi connectivity index (χ1v) is 7.96. The van der Waals surface area contributed by atoms with Gasteiger partial charge < -0.3 is 19.3 Å². The molecule has 0 spiro atoms. The van der Waals surface area contributed by atoms with E-state index >= 15 is 0 Å². The van der Waals surface area contributed by atoms with Crippen LogP contribution in [0.4, 0.5) is 0 Å². The average Bonchev–Trinajstić information content (AvgIpc) is 2.64. The molecule has 0 amide bonds. The Bertz CT molecular complexity index is 840. The van der Waals surface area contributed by atoms with Crippen LogP contribution in [0.5, 0.6) is 17.2 Å². The maximum Gasteiger partial charge on any atom is 0.346 e. The molecular formula is C19H16ClNO5. The molecular weight excluding hydrogens is 358 g/mol. The van der Waals surface area contributed by atoms with Crippen LogP contribution in [-0.2, 0) is 4.79 Å². The van der Waals surface area contributed by atoms with Crippen molar-refractivity contribution in [2.24, 2.45) is 0 Å². The molecule has 0 saturated carbocycles. The number of nitriles is 1. The Balaban J connectivity index is 2.11. The van der Waals surface area contributed by atoms with Gasteiger partial charge in [-0.15, -0.1) is 0 Å². The first-order chi connectivity index (χ1) is 12.5.